The van der Waals surface area contributed by atoms with Gasteiger partial charge in [-0.15, -0.1) is 0 Å². The summed E-state index contributed by atoms with van der Waals surface area (Å²) in [5.41, 5.74) is 3.03. The number of benzene rings is 2. The minimum absolute atomic E-state index is 0.0609. The highest BCUT2D eigenvalue weighted by Gasteiger charge is 2.14. The van der Waals surface area contributed by atoms with Crippen LogP contribution in [0.25, 0.3) is 10.2 Å². The van der Waals surface area contributed by atoms with Crippen molar-refractivity contribution in [1.29, 1.82) is 0 Å². The molecule has 0 unspecified atom stereocenters. The molecular weight excluding hydrogens is 355 g/mol. The van der Waals surface area contributed by atoms with E-state index in [-0.39, 0.29) is 12.1 Å². The number of methoxy groups -OCH3 is 1. The van der Waals surface area contributed by atoms with Crippen molar-refractivity contribution in [1.82, 2.24) is 4.57 Å². The number of carbonyl (C=O) groups is 2. The molecule has 5 nitrogen and oxygen atoms in total. The van der Waals surface area contributed by atoms with E-state index in [1.165, 1.54) is 36.6 Å². The van der Waals surface area contributed by atoms with E-state index in [9.17, 15) is 14.0 Å². The number of halogens is 1. The van der Waals surface area contributed by atoms with Crippen molar-refractivity contribution in [3.05, 3.63) is 63.7 Å². The van der Waals surface area contributed by atoms with Crippen molar-refractivity contribution < 1.29 is 18.7 Å². The molecule has 0 radical (unpaired) electrons. The standard InChI is InChI=1S/C19H17FN2O3S/c1-11-7-12(2)17-15(8-11)22(10-16(23)25-3)19(26-17)21-18(24)13-5-4-6-14(20)9-13/h4-9H,10H2,1-3H3. The maximum atomic E-state index is 13.4. The van der Waals surface area contributed by atoms with Crippen molar-refractivity contribution in [3.63, 3.8) is 0 Å². The van der Waals surface area contributed by atoms with Crippen molar-refractivity contribution in [3.8, 4) is 0 Å². The predicted molar refractivity (Wildman–Crippen MR) is 97.6 cm³/mol. The smallest absolute Gasteiger partial charge is 0.325 e. The van der Waals surface area contributed by atoms with E-state index in [1.807, 2.05) is 26.0 Å². The Bertz CT molecular complexity index is 1080. The van der Waals surface area contributed by atoms with Gasteiger partial charge in [-0.25, -0.2) is 4.39 Å². The van der Waals surface area contributed by atoms with Crippen molar-refractivity contribution in [2.24, 2.45) is 4.99 Å². The minimum atomic E-state index is -0.566. The molecular formula is C19H17FN2O3S. The van der Waals surface area contributed by atoms with Crippen LogP contribution in [0.3, 0.4) is 0 Å². The van der Waals surface area contributed by atoms with Crippen LogP contribution >= 0.6 is 11.3 Å². The molecule has 0 aliphatic heterocycles. The zero-order chi connectivity index (χ0) is 18.8. The largest absolute Gasteiger partial charge is 0.468 e. The maximum Gasteiger partial charge on any atom is 0.325 e. The van der Waals surface area contributed by atoms with Gasteiger partial charge in [-0.2, -0.15) is 4.99 Å². The molecule has 0 spiro atoms. The first-order valence-electron chi connectivity index (χ1n) is 7.91. The SMILES string of the molecule is COC(=O)Cn1c(=NC(=O)c2cccc(F)c2)sc2c(C)cc(C)cc21. The van der Waals surface area contributed by atoms with Crippen molar-refractivity contribution >= 4 is 33.4 Å². The number of aromatic nitrogens is 1. The van der Waals surface area contributed by atoms with Crippen LogP contribution in [-0.4, -0.2) is 23.6 Å². The summed E-state index contributed by atoms with van der Waals surface area (Å²) in [6, 6.07) is 9.33. The quantitative estimate of drug-likeness (QED) is 0.662. The highest BCUT2D eigenvalue weighted by Crippen LogP contribution is 2.23. The lowest BCUT2D eigenvalue weighted by Gasteiger charge is -2.05. The lowest BCUT2D eigenvalue weighted by Crippen LogP contribution is -2.22. The molecule has 26 heavy (non-hydrogen) atoms. The lowest BCUT2D eigenvalue weighted by atomic mass is 10.1. The van der Waals surface area contributed by atoms with Gasteiger partial charge in [0.25, 0.3) is 5.91 Å². The molecule has 1 amide bonds. The fourth-order valence-electron chi connectivity index (χ4n) is 2.72. The average molecular weight is 372 g/mol. The summed E-state index contributed by atoms with van der Waals surface area (Å²) in [6.07, 6.45) is 0. The second-order valence-corrected chi connectivity index (χ2v) is 6.88. The number of hydrogen-bond donors (Lipinski definition) is 0. The van der Waals surface area contributed by atoms with E-state index in [1.54, 1.807) is 4.57 Å². The molecule has 0 atom stereocenters. The van der Waals surface area contributed by atoms with Crippen LogP contribution in [-0.2, 0) is 16.1 Å². The van der Waals surface area contributed by atoms with E-state index in [0.29, 0.717) is 4.80 Å². The van der Waals surface area contributed by atoms with E-state index in [2.05, 4.69) is 4.99 Å². The van der Waals surface area contributed by atoms with Gasteiger partial charge in [-0.1, -0.05) is 23.5 Å². The van der Waals surface area contributed by atoms with E-state index in [0.717, 1.165) is 27.4 Å². The molecule has 0 saturated carbocycles. The molecule has 0 aliphatic rings. The third-order valence-corrected chi connectivity index (χ3v) is 5.13. The molecule has 2 aromatic carbocycles. The molecule has 0 bridgehead atoms. The number of thiazole rings is 1. The first-order valence-corrected chi connectivity index (χ1v) is 8.72. The zero-order valence-electron chi connectivity index (χ0n) is 14.6. The number of hydrogen-bond acceptors (Lipinski definition) is 4. The molecule has 7 heteroatoms. The first-order chi connectivity index (χ1) is 12.4. The van der Waals surface area contributed by atoms with Crippen LogP contribution in [0.5, 0.6) is 0 Å². The highest BCUT2D eigenvalue weighted by atomic mass is 32.1. The number of nitrogens with zero attached hydrogens (tertiary/aromatic N) is 2. The molecule has 0 aliphatic carbocycles. The Balaban J connectivity index is 2.20. The fourth-order valence-corrected chi connectivity index (χ4v) is 3.80. The van der Waals surface area contributed by atoms with E-state index in [4.69, 9.17) is 4.74 Å². The van der Waals surface area contributed by atoms with Crippen LogP contribution in [0.2, 0.25) is 0 Å². The van der Waals surface area contributed by atoms with Crippen LogP contribution in [0, 0.1) is 19.7 Å². The number of fused-ring (bicyclic) bond motifs is 1. The Morgan fingerprint density at radius 3 is 2.69 bits per heavy atom. The Labute approximate surface area is 153 Å². The van der Waals surface area contributed by atoms with Gasteiger partial charge in [0.15, 0.2) is 4.80 Å². The summed E-state index contributed by atoms with van der Waals surface area (Å²) < 4.78 is 20.7. The van der Waals surface area contributed by atoms with E-state index < -0.39 is 17.7 Å². The Kier molecular flexibility index (Phi) is 4.99. The first kappa shape index (κ1) is 18.0. The number of aryl methyl sites for hydroxylation is 2. The Hall–Kier alpha value is -2.80. The molecule has 1 heterocycles. The van der Waals surface area contributed by atoms with E-state index >= 15 is 0 Å². The summed E-state index contributed by atoms with van der Waals surface area (Å²) in [6.45, 7) is 3.86. The van der Waals surface area contributed by atoms with Gasteiger partial charge < -0.3 is 9.30 Å². The molecule has 3 aromatic rings. The highest BCUT2D eigenvalue weighted by molar-refractivity contribution is 7.16. The van der Waals surface area contributed by atoms with Gasteiger partial charge in [0.05, 0.1) is 17.3 Å². The number of esters is 1. The lowest BCUT2D eigenvalue weighted by molar-refractivity contribution is -0.141. The Morgan fingerprint density at radius 1 is 1.23 bits per heavy atom. The molecule has 3 rings (SSSR count). The minimum Gasteiger partial charge on any atom is -0.468 e. The van der Waals surface area contributed by atoms with Gasteiger partial charge in [-0.05, 0) is 49.2 Å². The summed E-state index contributed by atoms with van der Waals surface area (Å²) in [5, 5.41) is 0. The number of rotatable bonds is 3. The van der Waals surface area contributed by atoms with Crippen LogP contribution in [0.4, 0.5) is 4.39 Å². The molecule has 134 valence electrons. The number of amides is 1. The maximum absolute atomic E-state index is 13.4. The second kappa shape index (κ2) is 7.21. The summed E-state index contributed by atoms with van der Waals surface area (Å²) >= 11 is 1.31. The molecule has 1 aromatic heterocycles. The van der Waals surface area contributed by atoms with Crippen LogP contribution in [0.1, 0.15) is 21.5 Å². The Morgan fingerprint density at radius 2 is 2.00 bits per heavy atom. The normalized spacial score (nSPS) is 11.8. The van der Waals surface area contributed by atoms with Crippen LogP contribution < -0.4 is 4.80 Å². The van der Waals surface area contributed by atoms with Gasteiger partial charge in [0.2, 0.25) is 0 Å². The molecule has 0 fully saturated rings. The zero-order valence-corrected chi connectivity index (χ0v) is 15.4. The van der Waals surface area contributed by atoms with Gasteiger partial charge in [0, 0.05) is 5.56 Å². The summed E-state index contributed by atoms with van der Waals surface area (Å²) in [4.78, 5) is 28.8. The predicted octanol–water partition coefficient (Wildman–Crippen LogP) is 3.37. The molecule has 0 N–H and O–H groups in total. The third kappa shape index (κ3) is 3.57. The monoisotopic (exact) mass is 372 g/mol. The second-order valence-electron chi connectivity index (χ2n) is 5.90. The molecule has 0 saturated heterocycles. The van der Waals surface area contributed by atoms with Gasteiger partial charge >= 0.3 is 5.97 Å². The van der Waals surface area contributed by atoms with Crippen molar-refractivity contribution in [2.45, 2.75) is 20.4 Å². The third-order valence-electron chi connectivity index (χ3n) is 3.90. The summed E-state index contributed by atoms with van der Waals surface area (Å²) in [5.74, 6) is -1.51. The number of ether oxygens (including phenoxy) is 1. The van der Waals surface area contributed by atoms with Gasteiger partial charge in [0.1, 0.15) is 12.4 Å². The summed E-state index contributed by atoms with van der Waals surface area (Å²) in [7, 11) is 1.31. The van der Waals surface area contributed by atoms with Crippen molar-refractivity contribution in [2.75, 3.05) is 7.11 Å². The number of carbonyl (C=O) groups excluding carboxylic acids is 2. The average Bonchev–Trinajstić information content (AvgIpc) is 2.92. The fraction of sp³-hybridized carbons (Fsp3) is 0.211. The van der Waals surface area contributed by atoms with Crippen LogP contribution in [0.15, 0.2) is 41.4 Å². The topological polar surface area (TPSA) is 60.7 Å². The van der Waals surface area contributed by atoms with Gasteiger partial charge in [-0.3, -0.25) is 9.59 Å².